The van der Waals surface area contributed by atoms with E-state index in [2.05, 4.69) is 5.32 Å². The fourth-order valence-electron chi connectivity index (χ4n) is 1.79. The summed E-state index contributed by atoms with van der Waals surface area (Å²) in [4.78, 5) is 33.0. The highest BCUT2D eigenvalue weighted by Gasteiger charge is 2.16. The number of nitrogens with two attached hydrogens (primary N) is 1. The summed E-state index contributed by atoms with van der Waals surface area (Å²) in [6, 6.07) is 9.75. The van der Waals surface area contributed by atoms with Crippen LogP contribution in [0.3, 0.4) is 0 Å². The summed E-state index contributed by atoms with van der Waals surface area (Å²) < 4.78 is 5.09. The van der Waals surface area contributed by atoms with Crippen molar-refractivity contribution in [3.8, 4) is 5.75 Å². The lowest BCUT2D eigenvalue weighted by atomic mass is 10.2. The van der Waals surface area contributed by atoms with Gasteiger partial charge in [-0.05, 0) is 30.3 Å². The molecule has 0 heterocycles. The summed E-state index contributed by atoms with van der Waals surface area (Å²) >= 11 is 5.91. The third kappa shape index (κ3) is 4.43. The van der Waals surface area contributed by atoms with E-state index in [-0.39, 0.29) is 22.9 Å². The molecule has 0 bridgehead atoms. The van der Waals surface area contributed by atoms with E-state index in [4.69, 9.17) is 22.1 Å². The van der Waals surface area contributed by atoms with Crippen LogP contribution in [-0.2, 0) is 4.79 Å². The average molecular weight is 350 g/mol. The largest absolute Gasteiger partial charge is 0.484 e. The van der Waals surface area contributed by atoms with Crippen LogP contribution < -0.4 is 15.8 Å². The van der Waals surface area contributed by atoms with Crippen molar-refractivity contribution >= 4 is 34.8 Å². The van der Waals surface area contributed by atoms with Gasteiger partial charge in [-0.3, -0.25) is 19.7 Å². The monoisotopic (exact) mass is 349 g/mol. The Labute approximate surface area is 141 Å². The van der Waals surface area contributed by atoms with Gasteiger partial charge in [0.25, 0.3) is 17.5 Å². The van der Waals surface area contributed by atoms with Crippen LogP contribution >= 0.6 is 11.6 Å². The zero-order valence-corrected chi connectivity index (χ0v) is 12.9. The lowest BCUT2D eigenvalue weighted by Crippen LogP contribution is -2.20. The Hall–Kier alpha value is -3.13. The molecule has 0 aliphatic heterocycles. The van der Waals surface area contributed by atoms with Gasteiger partial charge in [0.2, 0.25) is 0 Å². The first-order chi connectivity index (χ1) is 11.4. The van der Waals surface area contributed by atoms with Crippen LogP contribution in [-0.4, -0.2) is 23.3 Å². The Morgan fingerprint density at radius 2 is 1.88 bits per heavy atom. The van der Waals surface area contributed by atoms with Crippen molar-refractivity contribution in [1.82, 2.24) is 0 Å². The molecule has 0 unspecified atom stereocenters. The van der Waals surface area contributed by atoms with E-state index in [1.54, 1.807) is 12.1 Å². The first kappa shape index (κ1) is 17.2. The molecule has 0 fully saturated rings. The average Bonchev–Trinajstić information content (AvgIpc) is 2.54. The number of amides is 2. The molecule has 0 aliphatic carbocycles. The van der Waals surface area contributed by atoms with Crippen LogP contribution in [0.5, 0.6) is 5.75 Å². The maximum Gasteiger partial charge on any atom is 0.270 e. The third-order valence-corrected chi connectivity index (χ3v) is 3.23. The minimum atomic E-state index is -0.613. The summed E-state index contributed by atoms with van der Waals surface area (Å²) in [5.74, 6) is -0.789. The van der Waals surface area contributed by atoms with Gasteiger partial charge in [-0.2, -0.15) is 0 Å². The fourth-order valence-corrected chi connectivity index (χ4v) is 1.99. The number of benzene rings is 2. The number of nitro groups is 1. The number of primary amides is 1. The molecule has 0 saturated carbocycles. The first-order valence-electron chi connectivity index (χ1n) is 6.63. The second kappa shape index (κ2) is 7.42. The van der Waals surface area contributed by atoms with Gasteiger partial charge < -0.3 is 15.8 Å². The maximum atomic E-state index is 12.2. The molecule has 0 atom stereocenters. The van der Waals surface area contributed by atoms with Crippen molar-refractivity contribution in [2.24, 2.45) is 5.73 Å². The molecule has 124 valence electrons. The van der Waals surface area contributed by atoms with Crippen LogP contribution in [0, 0.1) is 10.1 Å². The number of nitro benzene ring substituents is 1. The summed E-state index contributed by atoms with van der Waals surface area (Å²) in [5.41, 5.74) is 5.14. The van der Waals surface area contributed by atoms with Crippen molar-refractivity contribution in [2.75, 3.05) is 11.9 Å². The molecule has 0 radical (unpaired) electrons. The van der Waals surface area contributed by atoms with E-state index < -0.39 is 16.7 Å². The van der Waals surface area contributed by atoms with Gasteiger partial charge in [0.15, 0.2) is 6.61 Å². The lowest BCUT2D eigenvalue weighted by Gasteiger charge is -2.08. The van der Waals surface area contributed by atoms with Crippen LogP contribution in [0.4, 0.5) is 11.4 Å². The number of nitrogens with zero attached hydrogens (tertiary/aromatic N) is 1. The van der Waals surface area contributed by atoms with Crippen molar-refractivity contribution in [2.45, 2.75) is 0 Å². The highest BCUT2D eigenvalue weighted by Crippen LogP contribution is 2.23. The number of non-ortho nitro benzene ring substituents is 1. The van der Waals surface area contributed by atoms with Crippen LogP contribution in [0.15, 0.2) is 42.5 Å². The van der Waals surface area contributed by atoms with Crippen LogP contribution in [0.1, 0.15) is 10.4 Å². The maximum absolute atomic E-state index is 12.2. The summed E-state index contributed by atoms with van der Waals surface area (Å²) in [6.45, 7) is -0.255. The van der Waals surface area contributed by atoms with Gasteiger partial charge in [0.1, 0.15) is 5.75 Å². The van der Waals surface area contributed by atoms with E-state index in [0.29, 0.717) is 11.4 Å². The van der Waals surface area contributed by atoms with E-state index >= 15 is 0 Å². The number of carbonyl (C=O) groups excluding carboxylic acids is 2. The molecule has 2 amide bonds. The molecule has 2 aromatic carbocycles. The topological polar surface area (TPSA) is 125 Å². The van der Waals surface area contributed by atoms with Gasteiger partial charge in [-0.25, -0.2) is 0 Å². The number of carbonyl (C=O) groups is 2. The van der Waals surface area contributed by atoms with E-state index in [1.807, 2.05) is 0 Å². The third-order valence-electron chi connectivity index (χ3n) is 2.90. The number of nitrogens with one attached hydrogen (secondary N) is 1. The molecule has 3 N–H and O–H groups in total. The summed E-state index contributed by atoms with van der Waals surface area (Å²) in [5, 5.41) is 13.4. The Bertz CT molecular complexity index is 792. The molecule has 8 nitrogen and oxygen atoms in total. The zero-order chi connectivity index (χ0) is 17.7. The molecule has 0 aromatic heterocycles. The molecular formula is C15H12ClN3O5. The van der Waals surface area contributed by atoms with Crippen LogP contribution in [0.25, 0.3) is 0 Å². The Balaban J connectivity index is 2.11. The Kier molecular flexibility index (Phi) is 5.33. The smallest absolute Gasteiger partial charge is 0.270 e. The molecule has 0 saturated heterocycles. The highest BCUT2D eigenvalue weighted by atomic mass is 35.5. The zero-order valence-electron chi connectivity index (χ0n) is 12.2. The molecule has 2 rings (SSSR count). The molecule has 0 spiro atoms. The first-order valence-corrected chi connectivity index (χ1v) is 7.01. The van der Waals surface area contributed by atoms with Crippen molar-refractivity contribution in [3.05, 3.63) is 63.2 Å². The summed E-state index contributed by atoms with van der Waals surface area (Å²) in [7, 11) is 0. The Morgan fingerprint density at radius 1 is 1.21 bits per heavy atom. The van der Waals surface area contributed by atoms with Crippen molar-refractivity contribution in [1.29, 1.82) is 0 Å². The predicted octanol–water partition coefficient (Wildman–Crippen LogP) is 2.36. The molecular weight excluding hydrogens is 338 g/mol. The fraction of sp³-hybridized carbons (Fsp3) is 0.0667. The Morgan fingerprint density at radius 3 is 2.46 bits per heavy atom. The minimum absolute atomic E-state index is 0.0140. The number of hydrogen-bond donors (Lipinski definition) is 2. The van der Waals surface area contributed by atoms with Gasteiger partial charge >= 0.3 is 0 Å². The molecule has 2 aromatic rings. The molecule has 0 aliphatic rings. The number of halogens is 1. The van der Waals surface area contributed by atoms with E-state index in [9.17, 15) is 19.7 Å². The van der Waals surface area contributed by atoms with Gasteiger partial charge in [0, 0.05) is 17.8 Å². The SMILES string of the molecule is NC(=O)COc1ccc(NC(=O)c2cc([N+](=O)[O-])ccc2Cl)cc1. The van der Waals surface area contributed by atoms with Gasteiger partial charge in [0.05, 0.1) is 15.5 Å². The standard InChI is InChI=1S/C15H12ClN3O5/c16-13-6-3-10(19(22)23)7-12(13)15(21)18-9-1-4-11(5-2-9)24-8-14(17)20/h1-7H,8H2,(H2,17,20)(H,18,21). The minimum Gasteiger partial charge on any atom is -0.484 e. The second-order valence-electron chi connectivity index (χ2n) is 4.65. The molecule has 9 heteroatoms. The van der Waals surface area contributed by atoms with Crippen LogP contribution in [0.2, 0.25) is 5.02 Å². The van der Waals surface area contributed by atoms with E-state index in [1.165, 1.54) is 24.3 Å². The quantitative estimate of drug-likeness (QED) is 0.611. The number of anilines is 1. The number of rotatable bonds is 6. The van der Waals surface area contributed by atoms with E-state index in [0.717, 1.165) is 6.07 Å². The summed E-state index contributed by atoms with van der Waals surface area (Å²) in [6.07, 6.45) is 0. The highest BCUT2D eigenvalue weighted by molar-refractivity contribution is 6.34. The second-order valence-corrected chi connectivity index (χ2v) is 5.06. The lowest BCUT2D eigenvalue weighted by molar-refractivity contribution is -0.384. The number of hydrogen-bond acceptors (Lipinski definition) is 5. The predicted molar refractivity (Wildman–Crippen MR) is 87.2 cm³/mol. The normalized spacial score (nSPS) is 10.0. The van der Waals surface area contributed by atoms with Crippen molar-refractivity contribution < 1.29 is 19.2 Å². The van der Waals surface area contributed by atoms with Gasteiger partial charge in [-0.1, -0.05) is 11.6 Å². The van der Waals surface area contributed by atoms with Gasteiger partial charge in [-0.15, -0.1) is 0 Å². The van der Waals surface area contributed by atoms with Crippen molar-refractivity contribution in [3.63, 3.8) is 0 Å². The molecule has 24 heavy (non-hydrogen) atoms. The number of ether oxygens (including phenoxy) is 1.